The molecule has 0 N–H and O–H groups in total. The topological polar surface area (TPSA) is 63.7 Å². The summed E-state index contributed by atoms with van der Waals surface area (Å²) in [6.45, 7) is 1.98. The minimum atomic E-state index is -1.04. The molecule has 1 fully saturated rings. The molecule has 2 aromatic carbocycles. The van der Waals surface area contributed by atoms with Crippen molar-refractivity contribution >= 4 is 39.4 Å². The van der Waals surface area contributed by atoms with Crippen molar-refractivity contribution in [3.8, 4) is 0 Å². The van der Waals surface area contributed by atoms with Gasteiger partial charge in [0.05, 0.1) is 17.7 Å². The van der Waals surface area contributed by atoms with Crippen molar-refractivity contribution in [2.24, 2.45) is 5.41 Å². The van der Waals surface area contributed by atoms with Crippen molar-refractivity contribution in [3.05, 3.63) is 76.3 Å². The number of nitrogens with zero attached hydrogens (tertiary/aromatic N) is 1. The van der Waals surface area contributed by atoms with Crippen LogP contribution in [0, 0.1) is 5.41 Å². The van der Waals surface area contributed by atoms with E-state index in [0.717, 1.165) is 16.5 Å². The van der Waals surface area contributed by atoms with E-state index in [2.05, 4.69) is 15.9 Å². The summed E-state index contributed by atoms with van der Waals surface area (Å²) in [6, 6.07) is 17.0. The van der Waals surface area contributed by atoms with E-state index in [-0.39, 0.29) is 30.8 Å². The molecule has 1 spiro atoms. The van der Waals surface area contributed by atoms with Crippen LogP contribution in [0.25, 0.3) is 0 Å². The summed E-state index contributed by atoms with van der Waals surface area (Å²) in [6.07, 6.45) is 3.64. The number of benzene rings is 2. The Morgan fingerprint density at radius 3 is 2.48 bits per heavy atom. The molecule has 31 heavy (non-hydrogen) atoms. The Balaban J connectivity index is 1.77. The third-order valence-corrected chi connectivity index (χ3v) is 6.73. The normalized spacial score (nSPS) is 23.6. The molecular formula is C25H24BrNO4. The number of carbonyl (C=O) groups is 3. The van der Waals surface area contributed by atoms with Crippen LogP contribution in [-0.2, 0) is 19.1 Å². The smallest absolute Gasteiger partial charge is 0.334 e. The van der Waals surface area contributed by atoms with Crippen LogP contribution in [0.4, 0.5) is 5.69 Å². The van der Waals surface area contributed by atoms with Gasteiger partial charge in [-0.2, -0.15) is 0 Å². The third kappa shape index (κ3) is 3.97. The minimum Gasteiger partial charge on any atom is -0.463 e. The lowest BCUT2D eigenvalue weighted by Gasteiger charge is -2.44. The molecule has 4 rings (SSSR count). The molecule has 1 saturated heterocycles. The monoisotopic (exact) mass is 481 g/mol. The fourth-order valence-corrected chi connectivity index (χ4v) is 4.88. The number of ether oxygens (including phenoxy) is 1. The van der Waals surface area contributed by atoms with Crippen molar-refractivity contribution in [3.63, 3.8) is 0 Å². The Labute approximate surface area is 190 Å². The van der Waals surface area contributed by atoms with Gasteiger partial charge < -0.3 is 4.74 Å². The second-order valence-electron chi connectivity index (χ2n) is 7.95. The SMILES string of the molecule is CCOC(=O)C1=CC(c2ccccc2)CCC12CCC(=O)N(c1ccc(Br)cc1)C2=O. The molecule has 2 aromatic rings. The first-order valence-corrected chi connectivity index (χ1v) is 11.3. The second-order valence-corrected chi connectivity index (χ2v) is 8.87. The summed E-state index contributed by atoms with van der Waals surface area (Å²) in [7, 11) is 0. The van der Waals surface area contributed by atoms with Crippen molar-refractivity contribution in [1.82, 2.24) is 0 Å². The van der Waals surface area contributed by atoms with Crippen LogP contribution >= 0.6 is 15.9 Å². The van der Waals surface area contributed by atoms with Gasteiger partial charge in [0.1, 0.15) is 0 Å². The summed E-state index contributed by atoms with van der Waals surface area (Å²) in [5.41, 5.74) is 0.960. The number of imide groups is 1. The minimum absolute atomic E-state index is 0.0257. The predicted molar refractivity (Wildman–Crippen MR) is 121 cm³/mol. The standard InChI is InChI=1S/C25H24BrNO4/c1-2-31-23(29)21-16-18(17-6-4-3-5-7-17)12-14-25(21)15-13-22(28)27(24(25)30)20-10-8-19(26)9-11-20/h3-11,16,18H,2,12-15H2,1H3. The van der Waals surface area contributed by atoms with Gasteiger partial charge >= 0.3 is 5.97 Å². The van der Waals surface area contributed by atoms with Crippen LogP contribution in [-0.4, -0.2) is 24.4 Å². The Hall–Kier alpha value is -2.73. The zero-order valence-electron chi connectivity index (χ0n) is 17.3. The largest absolute Gasteiger partial charge is 0.463 e. The third-order valence-electron chi connectivity index (χ3n) is 6.20. The molecule has 6 heteroatoms. The van der Waals surface area contributed by atoms with Gasteiger partial charge in [-0.15, -0.1) is 0 Å². The highest BCUT2D eigenvalue weighted by molar-refractivity contribution is 9.10. The van der Waals surface area contributed by atoms with Crippen LogP contribution in [0.15, 0.2) is 70.7 Å². The lowest BCUT2D eigenvalue weighted by molar-refractivity contribution is -0.145. The zero-order valence-corrected chi connectivity index (χ0v) is 18.9. The highest BCUT2D eigenvalue weighted by Crippen LogP contribution is 2.50. The Bertz CT molecular complexity index is 1030. The molecule has 2 unspecified atom stereocenters. The molecule has 0 aromatic heterocycles. The Morgan fingerprint density at radius 1 is 1.10 bits per heavy atom. The molecule has 0 radical (unpaired) electrons. The van der Waals surface area contributed by atoms with Gasteiger partial charge in [-0.3, -0.25) is 9.59 Å². The van der Waals surface area contributed by atoms with Gasteiger partial charge in [-0.1, -0.05) is 52.3 Å². The molecule has 2 amide bonds. The van der Waals surface area contributed by atoms with Gasteiger partial charge in [0, 0.05) is 22.4 Å². The molecule has 5 nitrogen and oxygen atoms in total. The first-order valence-electron chi connectivity index (χ1n) is 10.5. The Morgan fingerprint density at radius 2 is 1.81 bits per heavy atom. The van der Waals surface area contributed by atoms with Crippen LogP contribution in [0.1, 0.15) is 44.1 Å². The number of anilines is 1. The molecule has 1 heterocycles. The van der Waals surface area contributed by atoms with E-state index in [1.807, 2.05) is 36.4 Å². The lowest BCUT2D eigenvalue weighted by Crippen LogP contribution is -2.54. The van der Waals surface area contributed by atoms with Gasteiger partial charge in [0.2, 0.25) is 11.8 Å². The maximum Gasteiger partial charge on any atom is 0.334 e. The quantitative estimate of drug-likeness (QED) is 0.447. The van der Waals surface area contributed by atoms with E-state index in [0.29, 0.717) is 24.1 Å². The van der Waals surface area contributed by atoms with Crippen LogP contribution in [0.5, 0.6) is 0 Å². The summed E-state index contributed by atoms with van der Waals surface area (Å²) >= 11 is 3.39. The molecule has 1 aliphatic heterocycles. The molecule has 2 atom stereocenters. The summed E-state index contributed by atoms with van der Waals surface area (Å²) in [5.74, 6) is -1.03. The number of amides is 2. The van der Waals surface area contributed by atoms with Crippen LogP contribution in [0.3, 0.4) is 0 Å². The number of hydrogen-bond acceptors (Lipinski definition) is 4. The first-order chi connectivity index (χ1) is 15.0. The van der Waals surface area contributed by atoms with E-state index in [4.69, 9.17) is 4.74 Å². The van der Waals surface area contributed by atoms with E-state index >= 15 is 0 Å². The number of piperidine rings is 1. The summed E-state index contributed by atoms with van der Waals surface area (Å²) in [4.78, 5) is 40.8. The highest BCUT2D eigenvalue weighted by Gasteiger charge is 2.53. The zero-order chi connectivity index (χ0) is 22.0. The van der Waals surface area contributed by atoms with E-state index in [9.17, 15) is 14.4 Å². The van der Waals surface area contributed by atoms with Crippen LogP contribution < -0.4 is 4.90 Å². The molecular weight excluding hydrogens is 458 g/mol. The maximum absolute atomic E-state index is 13.8. The molecule has 160 valence electrons. The number of esters is 1. The van der Waals surface area contributed by atoms with E-state index in [1.54, 1.807) is 31.2 Å². The number of allylic oxidation sites excluding steroid dienone is 1. The van der Waals surface area contributed by atoms with E-state index in [1.165, 1.54) is 4.90 Å². The van der Waals surface area contributed by atoms with Gasteiger partial charge in [-0.25, -0.2) is 9.69 Å². The van der Waals surface area contributed by atoms with Crippen molar-refractivity contribution in [2.45, 2.75) is 38.5 Å². The van der Waals surface area contributed by atoms with E-state index < -0.39 is 11.4 Å². The van der Waals surface area contributed by atoms with Crippen LogP contribution in [0.2, 0.25) is 0 Å². The molecule has 0 saturated carbocycles. The maximum atomic E-state index is 13.8. The average Bonchev–Trinajstić information content (AvgIpc) is 2.79. The molecule has 1 aliphatic carbocycles. The Kier molecular flexibility index (Phi) is 6.10. The average molecular weight is 482 g/mol. The lowest BCUT2D eigenvalue weighted by atomic mass is 9.64. The number of carbonyl (C=O) groups excluding carboxylic acids is 3. The fourth-order valence-electron chi connectivity index (χ4n) is 4.62. The highest BCUT2D eigenvalue weighted by atomic mass is 79.9. The van der Waals surface area contributed by atoms with Gasteiger partial charge in [0.15, 0.2) is 0 Å². The van der Waals surface area contributed by atoms with Crippen molar-refractivity contribution < 1.29 is 19.1 Å². The summed E-state index contributed by atoms with van der Waals surface area (Å²) in [5, 5.41) is 0. The first kappa shape index (κ1) is 21.5. The number of rotatable bonds is 4. The van der Waals surface area contributed by atoms with Crippen molar-refractivity contribution in [2.75, 3.05) is 11.5 Å². The number of hydrogen-bond donors (Lipinski definition) is 0. The molecule has 0 bridgehead atoms. The molecule has 2 aliphatic rings. The predicted octanol–water partition coefficient (Wildman–Crippen LogP) is 5.16. The fraction of sp³-hybridized carbons (Fsp3) is 0.320. The number of halogens is 1. The van der Waals surface area contributed by atoms with Gasteiger partial charge in [-0.05, 0) is 56.0 Å². The second kappa shape index (κ2) is 8.79. The summed E-state index contributed by atoms with van der Waals surface area (Å²) < 4.78 is 6.22. The van der Waals surface area contributed by atoms with Crippen molar-refractivity contribution in [1.29, 1.82) is 0 Å². The van der Waals surface area contributed by atoms with Gasteiger partial charge in [0.25, 0.3) is 0 Å².